The number of hydrogen-bond donors (Lipinski definition) is 3. The molecule has 210 valence electrons. The number of unbranched alkanes of at least 4 members (excludes halogenated alkanes) is 1. The summed E-state index contributed by atoms with van der Waals surface area (Å²) in [4.78, 5) is 44.6. The van der Waals surface area contributed by atoms with Gasteiger partial charge in [0, 0.05) is 30.7 Å². The number of methoxy groups -OCH3 is 1. The molecule has 2 aromatic heterocycles. The van der Waals surface area contributed by atoms with E-state index >= 15 is 0 Å². The third kappa shape index (κ3) is 9.03. The zero-order chi connectivity index (χ0) is 29.0. The van der Waals surface area contributed by atoms with Gasteiger partial charge in [-0.2, -0.15) is 13.5 Å². The van der Waals surface area contributed by atoms with Gasteiger partial charge in [0.15, 0.2) is 5.82 Å². The number of rotatable bonds is 13. The van der Waals surface area contributed by atoms with E-state index in [1.54, 1.807) is 18.2 Å². The van der Waals surface area contributed by atoms with Crippen molar-refractivity contribution >= 4 is 33.7 Å². The first-order chi connectivity index (χ1) is 19.2. The van der Waals surface area contributed by atoms with Gasteiger partial charge in [-0.05, 0) is 55.2 Å². The lowest BCUT2D eigenvalue weighted by molar-refractivity contribution is -0.143. The van der Waals surface area contributed by atoms with Crippen molar-refractivity contribution in [2.75, 3.05) is 13.7 Å². The summed E-state index contributed by atoms with van der Waals surface area (Å²) in [5, 5.41) is 13.3. The molecule has 0 radical (unpaired) electrons. The van der Waals surface area contributed by atoms with Crippen LogP contribution in [0.4, 0.5) is 5.82 Å². The standard InChI is InChI=1S/C26H28N6O7S/c1-39-26(35)21(7-4-5-13-28-24(33)18-11-14-27-15-12-18)31-25(34)20-9-10-23(29-16-20)32-30-17-19-6-2-3-8-22(19)40(36,37)38/h2-3,6,8-12,14-16,21H,4-5,7,13,17H2,1H3,(H,28,33)(H,31,34)(H,36,37,38). The van der Waals surface area contributed by atoms with Crippen molar-refractivity contribution in [3.8, 4) is 0 Å². The lowest BCUT2D eigenvalue weighted by atomic mass is 10.1. The van der Waals surface area contributed by atoms with Crippen LogP contribution in [0.2, 0.25) is 0 Å². The van der Waals surface area contributed by atoms with Crippen LogP contribution >= 0.6 is 0 Å². The fourth-order valence-electron chi connectivity index (χ4n) is 3.56. The van der Waals surface area contributed by atoms with E-state index in [4.69, 9.17) is 4.74 Å². The molecule has 0 aliphatic rings. The lowest BCUT2D eigenvalue weighted by Gasteiger charge is -2.16. The second-order valence-corrected chi connectivity index (χ2v) is 9.81. The number of carbonyl (C=O) groups is 3. The molecule has 0 aliphatic carbocycles. The summed E-state index contributed by atoms with van der Waals surface area (Å²) in [7, 11) is -3.17. The zero-order valence-electron chi connectivity index (χ0n) is 21.6. The smallest absolute Gasteiger partial charge is 0.328 e. The number of azo groups is 1. The number of benzene rings is 1. The van der Waals surface area contributed by atoms with E-state index in [2.05, 4.69) is 30.8 Å². The molecule has 0 fully saturated rings. The molecular weight excluding hydrogens is 540 g/mol. The first-order valence-corrected chi connectivity index (χ1v) is 13.6. The average Bonchev–Trinajstić information content (AvgIpc) is 2.96. The molecule has 0 saturated heterocycles. The number of pyridine rings is 2. The molecule has 13 nitrogen and oxygen atoms in total. The Morgan fingerprint density at radius 3 is 2.42 bits per heavy atom. The van der Waals surface area contributed by atoms with Crippen LogP contribution in [0.25, 0.3) is 0 Å². The van der Waals surface area contributed by atoms with Crippen LogP contribution < -0.4 is 10.6 Å². The summed E-state index contributed by atoms with van der Waals surface area (Å²) in [5.41, 5.74) is 0.933. The van der Waals surface area contributed by atoms with Crippen molar-refractivity contribution in [1.82, 2.24) is 20.6 Å². The number of carbonyl (C=O) groups excluding carboxylic acids is 3. The number of nitrogens with one attached hydrogen (secondary N) is 2. The summed E-state index contributed by atoms with van der Waals surface area (Å²) >= 11 is 0. The largest absolute Gasteiger partial charge is 0.467 e. The van der Waals surface area contributed by atoms with Gasteiger partial charge >= 0.3 is 5.97 Å². The van der Waals surface area contributed by atoms with E-state index in [0.29, 0.717) is 31.4 Å². The van der Waals surface area contributed by atoms with Gasteiger partial charge in [0.1, 0.15) is 6.04 Å². The molecule has 1 aromatic carbocycles. The maximum absolute atomic E-state index is 12.7. The second-order valence-electron chi connectivity index (χ2n) is 8.42. The molecule has 1 atom stereocenters. The Bertz CT molecular complexity index is 1450. The molecule has 0 spiro atoms. The lowest BCUT2D eigenvalue weighted by Crippen LogP contribution is -2.41. The van der Waals surface area contributed by atoms with Crippen molar-refractivity contribution in [1.29, 1.82) is 0 Å². The second kappa shape index (κ2) is 14.6. The number of nitrogens with zero attached hydrogens (tertiary/aromatic N) is 4. The molecule has 0 bridgehead atoms. The molecule has 40 heavy (non-hydrogen) atoms. The van der Waals surface area contributed by atoms with Gasteiger partial charge in [0.05, 0.1) is 24.1 Å². The number of ether oxygens (including phenoxy) is 1. The molecular formula is C26H28N6O7S. The predicted molar refractivity (Wildman–Crippen MR) is 142 cm³/mol. The third-order valence-corrected chi connectivity index (χ3v) is 6.57. The van der Waals surface area contributed by atoms with E-state index < -0.39 is 28.0 Å². The van der Waals surface area contributed by atoms with Gasteiger partial charge < -0.3 is 15.4 Å². The number of aromatic nitrogens is 2. The Morgan fingerprint density at radius 2 is 1.75 bits per heavy atom. The summed E-state index contributed by atoms with van der Waals surface area (Å²) in [6.07, 6.45) is 5.74. The molecule has 14 heteroatoms. The molecule has 3 N–H and O–H groups in total. The molecule has 0 aliphatic heterocycles. The quantitative estimate of drug-likeness (QED) is 0.120. The van der Waals surface area contributed by atoms with Gasteiger partial charge in [0.2, 0.25) is 0 Å². The Balaban J connectivity index is 1.50. The van der Waals surface area contributed by atoms with Gasteiger partial charge in [-0.25, -0.2) is 9.78 Å². The highest BCUT2D eigenvalue weighted by atomic mass is 32.2. The predicted octanol–water partition coefficient (Wildman–Crippen LogP) is 2.88. The average molecular weight is 569 g/mol. The van der Waals surface area contributed by atoms with Crippen molar-refractivity contribution in [2.24, 2.45) is 10.2 Å². The minimum absolute atomic E-state index is 0.117. The van der Waals surface area contributed by atoms with Gasteiger partial charge in [-0.3, -0.25) is 19.1 Å². The van der Waals surface area contributed by atoms with E-state index in [1.165, 1.54) is 56.0 Å². The van der Waals surface area contributed by atoms with Crippen molar-refractivity contribution in [3.63, 3.8) is 0 Å². The van der Waals surface area contributed by atoms with Crippen LogP contribution in [-0.4, -0.2) is 60.4 Å². The van der Waals surface area contributed by atoms with Gasteiger partial charge in [0.25, 0.3) is 21.9 Å². The molecule has 2 amide bonds. The number of hydrogen-bond acceptors (Lipinski definition) is 10. The van der Waals surface area contributed by atoms with Crippen molar-refractivity contribution < 1.29 is 32.1 Å². The van der Waals surface area contributed by atoms with Crippen molar-refractivity contribution in [3.05, 3.63) is 83.8 Å². The van der Waals surface area contributed by atoms with Crippen LogP contribution in [0, 0.1) is 0 Å². The Labute approximate surface area is 230 Å². The molecule has 1 unspecified atom stereocenters. The Morgan fingerprint density at radius 1 is 1.00 bits per heavy atom. The van der Waals surface area contributed by atoms with E-state index in [-0.39, 0.29) is 34.3 Å². The minimum Gasteiger partial charge on any atom is -0.467 e. The summed E-state index contributed by atoms with van der Waals surface area (Å²) in [5.74, 6) is -1.20. The molecule has 0 saturated carbocycles. The SMILES string of the molecule is COC(=O)C(CCCCNC(=O)c1ccncc1)NC(=O)c1ccc(N=NCc2ccccc2S(=O)(=O)O)nc1. The van der Waals surface area contributed by atoms with Crippen LogP contribution in [0.15, 0.2) is 82.2 Å². The zero-order valence-corrected chi connectivity index (χ0v) is 22.4. The first-order valence-electron chi connectivity index (χ1n) is 12.1. The summed E-state index contributed by atoms with van der Waals surface area (Å²) < 4.78 is 37.1. The van der Waals surface area contributed by atoms with Crippen LogP contribution in [-0.2, 0) is 26.2 Å². The normalized spacial score (nSPS) is 12.1. The number of esters is 1. The van der Waals surface area contributed by atoms with E-state index in [0.717, 1.165) is 0 Å². The van der Waals surface area contributed by atoms with Gasteiger partial charge in [-0.15, -0.1) is 5.11 Å². The highest BCUT2D eigenvalue weighted by Crippen LogP contribution is 2.17. The molecule has 3 rings (SSSR count). The minimum atomic E-state index is -4.40. The highest BCUT2D eigenvalue weighted by molar-refractivity contribution is 7.85. The fraction of sp³-hybridized carbons (Fsp3) is 0.269. The topological polar surface area (TPSA) is 189 Å². The monoisotopic (exact) mass is 568 g/mol. The summed E-state index contributed by atoms with van der Waals surface area (Å²) in [6.45, 7) is 0.276. The molecule has 2 heterocycles. The maximum atomic E-state index is 12.7. The van der Waals surface area contributed by atoms with Crippen LogP contribution in [0.3, 0.4) is 0 Å². The first kappa shape index (κ1) is 30.0. The summed E-state index contributed by atoms with van der Waals surface area (Å²) in [6, 6.07) is 11.0. The van der Waals surface area contributed by atoms with Crippen LogP contribution in [0.5, 0.6) is 0 Å². The maximum Gasteiger partial charge on any atom is 0.328 e. The third-order valence-electron chi connectivity index (χ3n) is 5.61. The highest BCUT2D eigenvalue weighted by Gasteiger charge is 2.22. The van der Waals surface area contributed by atoms with Crippen LogP contribution in [0.1, 0.15) is 45.5 Å². The molecule has 3 aromatic rings. The Hall–Kier alpha value is -4.56. The van der Waals surface area contributed by atoms with Crippen molar-refractivity contribution in [2.45, 2.75) is 36.7 Å². The van der Waals surface area contributed by atoms with Gasteiger partial charge in [-0.1, -0.05) is 18.2 Å². The Kier molecular flexibility index (Phi) is 10.9. The van der Waals surface area contributed by atoms with E-state index in [1.807, 2.05) is 0 Å². The fourth-order valence-corrected chi connectivity index (χ4v) is 4.28. The van der Waals surface area contributed by atoms with E-state index in [9.17, 15) is 27.4 Å². The number of amides is 2.